The Morgan fingerprint density at radius 3 is 2.70 bits per heavy atom. The van der Waals surface area contributed by atoms with E-state index in [0.717, 1.165) is 0 Å². The molecule has 0 bridgehead atoms. The molecule has 6 heteroatoms. The average molecular weight is 293 g/mol. The minimum atomic E-state index is -0.628. The van der Waals surface area contributed by atoms with Crippen LogP contribution in [0.4, 0.5) is 4.79 Å². The summed E-state index contributed by atoms with van der Waals surface area (Å²) in [5.41, 5.74) is 3.13. The predicted octanol–water partition coefficient (Wildman–Crippen LogP) is 3.07. The van der Waals surface area contributed by atoms with Gasteiger partial charge in [0.05, 0.1) is 11.6 Å². The Kier molecular flexibility index (Phi) is 4.42. The normalized spacial score (nSPS) is 10.1. The Balaban J connectivity index is 2.26. The number of amides is 1. The van der Waals surface area contributed by atoms with Gasteiger partial charge in [-0.05, 0) is 31.2 Å². The zero-order valence-corrected chi connectivity index (χ0v) is 11.6. The van der Waals surface area contributed by atoms with Crippen molar-refractivity contribution in [2.75, 3.05) is 12.0 Å². The van der Waals surface area contributed by atoms with Crippen molar-refractivity contribution < 1.29 is 14.3 Å². The number of hydrogen-bond acceptors (Lipinski definition) is 3. The smallest absolute Gasteiger partial charge is 0.426 e. The lowest BCUT2D eigenvalue weighted by Crippen LogP contribution is -2.26. The molecule has 1 aromatic carbocycles. The Bertz CT molecular complexity index is 637. The molecule has 5 nitrogen and oxygen atoms in total. The van der Waals surface area contributed by atoms with Gasteiger partial charge in [0.1, 0.15) is 5.69 Å². The molecule has 0 saturated carbocycles. The third-order valence-electron chi connectivity index (χ3n) is 2.59. The topological polar surface area (TPSA) is 60.3 Å². The maximum absolute atomic E-state index is 12.4. The highest BCUT2D eigenvalue weighted by atomic mass is 35.5. The molecule has 1 heterocycles. The summed E-state index contributed by atoms with van der Waals surface area (Å²) >= 11 is 6.00. The van der Waals surface area contributed by atoms with E-state index in [-0.39, 0.29) is 12.4 Å². The molecule has 1 amide bonds. The second-order valence-electron chi connectivity index (χ2n) is 3.90. The third-order valence-corrected chi connectivity index (χ3v) is 2.92. The largest absolute Gasteiger partial charge is 0.449 e. The maximum Gasteiger partial charge on any atom is 0.426 e. The highest BCUT2D eigenvalue weighted by Gasteiger charge is 2.17. The fourth-order valence-electron chi connectivity index (χ4n) is 1.71. The summed E-state index contributed by atoms with van der Waals surface area (Å²) in [6.45, 7) is 1.95. The SMILES string of the molecule is CCOC(=O)Nn1cccc1C(=O)c1ccccc1Cl. The van der Waals surface area contributed by atoms with Gasteiger partial charge in [-0.2, -0.15) is 0 Å². The molecule has 0 aliphatic rings. The standard InChI is InChI=1S/C14H13ClN2O3/c1-2-20-14(19)16-17-9-5-8-12(17)13(18)10-6-3-4-7-11(10)15/h3-9H,2H2,1H3,(H,16,19). The van der Waals surface area contributed by atoms with E-state index >= 15 is 0 Å². The van der Waals surface area contributed by atoms with Crippen LogP contribution in [0.25, 0.3) is 0 Å². The molecule has 0 radical (unpaired) electrons. The number of carbonyl (C=O) groups is 2. The van der Waals surface area contributed by atoms with Gasteiger partial charge < -0.3 is 4.74 Å². The van der Waals surface area contributed by atoms with Crippen LogP contribution in [0.15, 0.2) is 42.6 Å². The summed E-state index contributed by atoms with van der Waals surface area (Å²) in [5, 5.41) is 0.362. The maximum atomic E-state index is 12.4. The number of carbonyl (C=O) groups excluding carboxylic acids is 2. The van der Waals surface area contributed by atoms with Gasteiger partial charge in [0.25, 0.3) is 0 Å². The van der Waals surface area contributed by atoms with Gasteiger partial charge in [-0.25, -0.2) is 10.2 Å². The fourth-order valence-corrected chi connectivity index (χ4v) is 1.93. The highest BCUT2D eigenvalue weighted by Crippen LogP contribution is 2.19. The minimum absolute atomic E-state index is 0.251. The summed E-state index contributed by atoms with van der Waals surface area (Å²) in [4.78, 5) is 23.8. The summed E-state index contributed by atoms with van der Waals surface area (Å²) in [7, 11) is 0. The molecule has 0 saturated heterocycles. The van der Waals surface area contributed by atoms with Gasteiger partial charge in [0, 0.05) is 11.8 Å². The van der Waals surface area contributed by atoms with Crippen LogP contribution in [-0.4, -0.2) is 23.2 Å². The van der Waals surface area contributed by atoms with Crippen molar-refractivity contribution in [3.05, 3.63) is 58.9 Å². The lowest BCUT2D eigenvalue weighted by molar-refractivity contribution is 0.103. The number of nitrogens with zero attached hydrogens (tertiary/aromatic N) is 1. The molecule has 104 valence electrons. The fraction of sp³-hybridized carbons (Fsp3) is 0.143. The van der Waals surface area contributed by atoms with E-state index in [2.05, 4.69) is 5.43 Å². The number of aromatic nitrogens is 1. The first-order valence-electron chi connectivity index (χ1n) is 6.04. The number of benzene rings is 1. The number of nitrogens with one attached hydrogen (secondary N) is 1. The molecule has 1 N–H and O–H groups in total. The number of ether oxygens (including phenoxy) is 1. The van der Waals surface area contributed by atoms with E-state index in [1.807, 2.05) is 0 Å². The van der Waals surface area contributed by atoms with Crippen molar-refractivity contribution in [1.29, 1.82) is 0 Å². The summed E-state index contributed by atoms with van der Waals surface area (Å²) in [6, 6.07) is 9.99. The molecule has 1 aromatic heterocycles. The molecule has 0 fully saturated rings. The molecule has 2 rings (SSSR count). The van der Waals surface area contributed by atoms with E-state index in [1.54, 1.807) is 49.5 Å². The molecular formula is C14H13ClN2O3. The van der Waals surface area contributed by atoms with E-state index in [1.165, 1.54) is 4.68 Å². The van der Waals surface area contributed by atoms with Crippen LogP contribution in [0.3, 0.4) is 0 Å². The highest BCUT2D eigenvalue weighted by molar-refractivity contribution is 6.34. The van der Waals surface area contributed by atoms with Gasteiger partial charge in [0.2, 0.25) is 5.78 Å². The van der Waals surface area contributed by atoms with Crippen LogP contribution in [0, 0.1) is 0 Å². The first kappa shape index (κ1) is 14.1. The minimum Gasteiger partial charge on any atom is -0.449 e. The van der Waals surface area contributed by atoms with Crippen LogP contribution in [0.5, 0.6) is 0 Å². The van der Waals surface area contributed by atoms with E-state index in [4.69, 9.17) is 16.3 Å². The second-order valence-corrected chi connectivity index (χ2v) is 4.31. The molecular weight excluding hydrogens is 280 g/mol. The Morgan fingerprint density at radius 1 is 1.25 bits per heavy atom. The van der Waals surface area contributed by atoms with Gasteiger partial charge in [-0.15, -0.1) is 0 Å². The first-order valence-corrected chi connectivity index (χ1v) is 6.41. The van der Waals surface area contributed by atoms with E-state index < -0.39 is 6.09 Å². The van der Waals surface area contributed by atoms with E-state index in [0.29, 0.717) is 16.3 Å². The van der Waals surface area contributed by atoms with Gasteiger partial charge in [-0.3, -0.25) is 9.47 Å². The Labute approximate surface area is 121 Å². The quantitative estimate of drug-likeness (QED) is 0.881. The van der Waals surface area contributed by atoms with Crippen molar-refractivity contribution in [2.24, 2.45) is 0 Å². The average Bonchev–Trinajstić information content (AvgIpc) is 2.87. The van der Waals surface area contributed by atoms with Crippen molar-refractivity contribution >= 4 is 23.5 Å². The predicted molar refractivity (Wildman–Crippen MR) is 75.7 cm³/mol. The van der Waals surface area contributed by atoms with Gasteiger partial charge >= 0.3 is 6.09 Å². The van der Waals surface area contributed by atoms with Crippen LogP contribution in [0.1, 0.15) is 23.0 Å². The van der Waals surface area contributed by atoms with Crippen molar-refractivity contribution in [2.45, 2.75) is 6.92 Å². The zero-order chi connectivity index (χ0) is 14.5. The van der Waals surface area contributed by atoms with Crippen molar-refractivity contribution in [1.82, 2.24) is 4.68 Å². The lowest BCUT2D eigenvalue weighted by Gasteiger charge is -2.10. The molecule has 20 heavy (non-hydrogen) atoms. The van der Waals surface area contributed by atoms with Crippen molar-refractivity contribution in [3.8, 4) is 0 Å². The summed E-state index contributed by atoms with van der Waals surface area (Å²) in [6.07, 6.45) is 0.929. The lowest BCUT2D eigenvalue weighted by atomic mass is 10.1. The Morgan fingerprint density at radius 2 is 2.00 bits per heavy atom. The van der Waals surface area contributed by atoms with E-state index in [9.17, 15) is 9.59 Å². The third kappa shape index (κ3) is 3.00. The number of halogens is 1. The van der Waals surface area contributed by atoms with Crippen LogP contribution >= 0.6 is 11.6 Å². The molecule has 0 aliphatic carbocycles. The number of rotatable bonds is 4. The van der Waals surface area contributed by atoms with Gasteiger partial charge in [0.15, 0.2) is 0 Å². The first-order chi connectivity index (χ1) is 9.63. The molecule has 0 aliphatic heterocycles. The number of ketones is 1. The second kappa shape index (κ2) is 6.25. The summed E-state index contributed by atoms with van der Waals surface area (Å²) in [5.74, 6) is -0.280. The van der Waals surface area contributed by atoms with Crippen molar-refractivity contribution in [3.63, 3.8) is 0 Å². The van der Waals surface area contributed by atoms with Crippen LogP contribution < -0.4 is 5.43 Å². The van der Waals surface area contributed by atoms with Gasteiger partial charge in [-0.1, -0.05) is 23.7 Å². The molecule has 0 atom stereocenters. The summed E-state index contributed by atoms with van der Waals surface area (Å²) < 4.78 is 6.08. The molecule has 0 spiro atoms. The Hall–Kier alpha value is -2.27. The molecule has 2 aromatic rings. The monoisotopic (exact) mass is 292 g/mol. The zero-order valence-electron chi connectivity index (χ0n) is 10.8. The van der Waals surface area contributed by atoms with Crippen LogP contribution in [-0.2, 0) is 4.74 Å². The molecule has 0 unspecified atom stereocenters. The number of hydrogen-bond donors (Lipinski definition) is 1. The van der Waals surface area contributed by atoms with Crippen LogP contribution in [0.2, 0.25) is 5.02 Å².